The zero-order valence-electron chi connectivity index (χ0n) is 17.8. The van der Waals surface area contributed by atoms with Gasteiger partial charge in [0.25, 0.3) is 0 Å². The molecule has 0 radical (unpaired) electrons. The lowest BCUT2D eigenvalue weighted by Gasteiger charge is -2.14. The first-order chi connectivity index (χ1) is 15.1. The van der Waals surface area contributed by atoms with Crippen LogP contribution in [0.2, 0.25) is 0 Å². The van der Waals surface area contributed by atoms with Crippen LogP contribution in [0.4, 0.5) is 0 Å². The molecule has 0 spiro atoms. The molecule has 0 aliphatic carbocycles. The highest BCUT2D eigenvalue weighted by Gasteiger charge is 2.12. The van der Waals surface area contributed by atoms with E-state index in [1.54, 1.807) is 25.1 Å². The van der Waals surface area contributed by atoms with Crippen molar-refractivity contribution in [2.45, 2.75) is 26.4 Å². The Morgan fingerprint density at radius 2 is 1.48 bits per heavy atom. The van der Waals surface area contributed by atoms with Crippen LogP contribution in [-0.2, 0) is 28.9 Å². The van der Waals surface area contributed by atoms with Gasteiger partial charge in [0.05, 0.1) is 24.8 Å². The van der Waals surface area contributed by atoms with Crippen molar-refractivity contribution in [1.29, 1.82) is 0 Å². The SMILES string of the molecule is CCOC(=O)c1ccc(OCc2ccc(C(=O)OC)cc2)c(CCc2ccccc2)c1. The number of carbonyl (C=O) groups is 2. The third-order valence-corrected chi connectivity index (χ3v) is 4.87. The molecule has 0 atom stereocenters. The van der Waals surface area contributed by atoms with Gasteiger partial charge in [0.1, 0.15) is 12.4 Å². The quantitative estimate of drug-likeness (QED) is 0.457. The first kappa shape index (κ1) is 22.1. The minimum atomic E-state index is -0.370. The Morgan fingerprint density at radius 1 is 0.774 bits per heavy atom. The molecule has 0 aromatic heterocycles. The lowest BCUT2D eigenvalue weighted by Crippen LogP contribution is -2.07. The van der Waals surface area contributed by atoms with E-state index < -0.39 is 0 Å². The maximum absolute atomic E-state index is 12.2. The van der Waals surface area contributed by atoms with E-state index in [0.717, 1.165) is 29.7 Å². The zero-order chi connectivity index (χ0) is 22.1. The van der Waals surface area contributed by atoms with Gasteiger partial charge in [-0.25, -0.2) is 9.59 Å². The van der Waals surface area contributed by atoms with Crippen molar-refractivity contribution in [1.82, 2.24) is 0 Å². The molecule has 3 aromatic rings. The van der Waals surface area contributed by atoms with Gasteiger partial charge in [-0.1, -0.05) is 42.5 Å². The van der Waals surface area contributed by atoms with Crippen molar-refractivity contribution < 1.29 is 23.8 Å². The van der Waals surface area contributed by atoms with Crippen LogP contribution in [0.15, 0.2) is 72.8 Å². The summed E-state index contributed by atoms with van der Waals surface area (Å²) in [6.07, 6.45) is 1.56. The molecule has 3 aromatic carbocycles. The summed E-state index contributed by atoms with van der Waals surface area (Å²) in [6, 6.07) is 22.7. The number of rotatable bonds is 9. The second-order valence-electron chi connectivity index (χ2n) is 7.01. The Bertz CT molecular complexity index is 1010. The molecule has 0 aliphatic heterocycles. The third-order valence-electron chi connectivity index (χ3n) is 4.87. The van der Waals surface area contributed by atoms with Crippen LogP contribution < -0.4 is 4.74 Å². The Kier molecular flexibility index (Phi) is 7.82. The van der Waals surface area contributed by atoms with Crippen LogP contribution in [0.25, 0.3) is 0 Å². The maximum Gasteiger partial charge on any atom is 0.338 e. The smallest absolute Gasteiger partial charge is 0.338 e. The van der Waals surface area contributed by atoms with Crippen LogP contribution >= 0.6 is 0 Å². The van der Waals surface area contributed by atoms with E-state index in [1.165, 1.54) is 12.7 Å². The topological polar surface area (TPSA) is 61.8 Å². The Morgan fingerprint density at radius 3 is 2.16 bits per heavy atom. The summed E-state index contributed by atoms with van der Waals surface area (Å²) in [7, 11) is 1.36. The summed E-state index contributed by atoms with van der Waals surface area (Å²) < 4.78 is 15.9. The predicted molar refractivity (Wildman–Crippen MR) is 118 cm³/mol. The summed E-state index contributed by atoms with van der Waals surface area (Å²) >= 11 is 0. The lowest BCUT2D eigenvalue weighted by atomic mass is 10.0. The molecule has 5 nitrogen and oxygen atoms in total. The van der Waals surface area contributed by atoms with Gasteiger partial charge in [0.15, 0.2) is 0 Å². The largest absolute Gasteiger partial charge is 0.489 e. The van der Waals surface area contributed by atoms with E-state index in [2.05, 4.69) is 12.1 Å². The van der Waals surface area contributed by atoms with E-state index in [1.807, 2.05) is 42.5 Å². The lowest BCUT2D eigenvalue weighted by molar-refractivity contribution is 0.0525. The van der Waals surface area contributed by atoms with E-state index in [4.69, 9.17) is 14.2 Å². The average molecular weight is 418 g/mol. The fraction of sp³-hybridized carbons (Fsp3) is 0.231. The van der Waals surface area contributed by atoms with Crippen molar-refractivity contribution in [2.75, 3.05) is 13.7 Å². The molecular formula is C26H26O5. The van der Waals surface area contributed by atoms with Gasteiger partial charge >= 0.3 is 11.9 Å². The van der Waals surface area contributed by atoms with Crippen molar-refractivity contribution in [2.24, 2.45) is 0 Å². The molecule has 0 N–H and O–H groups in total. The third kappa shape index (κ3) is 6.19. The van der Waals surface area contributed by atoms with Crippen molar-refractivity contribution in [3.05, 3.63) is 101 Å². The molecule has 5 heteroatoms. The van der Waals surface area contributed by atoms with Gasteiger partial charge in [0.2, 0.25) is 0 Å². The summed E-state index contributed by atoms with van der Waals surface area (Å²) in [5, 5.41) is 0. The number of ether oxygens (including phenoxy) is 3. The maximum atomic E-state index is 12.2. The standard InChI is InChI=1S/C26H26O5/c1-3-30-26(28)23-15-16-24(22(17-23)14-9-19-7-5-4-6-8-19)31-18-20-10-12-21(13-11-20)25(27)29-2/h4-8,10-13,15-17H,3,9,14,18H2,1-2H3. The van der Waals surface area contributed by atoms with Crippen LogP contribution in [0, 0.1) is 0 Å². The molecule has 160 valence electrons. The predicted octanol–water partition coefficient (Wildman–Crippen LogP) is 5.01. The van der Waals surface area contributed by atoms with Gasteiger partial charge < -0.3 is 14.2 Å². The number of carbonyl (C=O) groups excluding carboxylic acids is 2. The fourth-order valence-corrected chi connectivity index (χ4v) is 3.20. The first-order valence-corrected chi connectivity index (χ1v) is 10.2. The molecule has 0 saturated heterocycles. The molecule has 31 heavy (non-hydrogen) atoms. The summed E-state index contributed by atoms with van der Waals surface area (Å²) in [4.78, 5) is 23.8. The Labute approximate surface area is 182 Å². The summed E-state index contributed by atoms with van der Waals surface area (Å²) in [5.74, 6) is 0.0136. The second kappa shape index (κ2) is 11.0. The highest BCUT2D eigenvalue weighted by atomic mass is 16.5. The van der Waals surface area contributed by atoms with Crippen LogP contribution in [0.3, 0.4) is 0 Å². The molecule has 0 bridgehead atoms. The van der Waals surface area contributed by atoms with E-state index >= 15 is 0 Å². The number of aryl methyl sites for hydroxylation is 2. The van der Waals surface area contributed by atoms with Crippen molar-refractivity contribution in [3.63, 3.8) is 0 Å². The highest BCUT2D eigenvalue weighted by Crippen LogP contribution is 2.24. The van der Waals surface area contributed by atoms with E-state index in [9.17, 15) is 9.59 Å². The molecule has 0 aliphatic rings. The van der Waals surface area contributed by atoms with Crippen LogP contribution in [-0.4, -0.2) is 25.7 Å². The minimum absolute atomic E-state index is 0.331. The summed E-state index contributed by atoms with van der Waals surface area (Å²) in [6.45, 7) is 2.47. The van der Waals surface area contributed by atoms with Crippen molar-refractivity contribution >= 4 is 11.9 Å². The number of hydrogen-bond acceptors (Lipinski definition) is 5. The highest BCUT2D eigenvalue weighted by molar-refractivity contribution is 5.90. The molecular weight excluding hydrogens is 392 g/mol. The second-order valence-corrected chi connectivity index (χ2v) is 7.01. The number of benzene rings is 3. The van der Waals surface area contributed by atoms with Crippen molar-refractivity contribution in [3.8, 4) is 5.75 Å². The van der Waals surface area contributed by atoms with Gasteiger partial charge in [-0.05, 0) is 66.8 Å². The number of methoxy groups -OCH3 is 1. The van der Waals surface area contributed by atoms with Gasteiger partial charge in [-0.3, -0.25) is 0 Å². The first-order valence-electron chi connectivity index (χ1n) is 10.2. The molecule has 0 heterocycles. The van der Waals surface area contributed by atoms with E-state index in [0.29, 0.717) is 24.3 Å². The Balaban J connectivity index is 1.75. The number of esters is 2. The fourth-order valence-electron chi connectivity index (χ4n) is 3.20. The molecule has 3 rings (SSSR count). The minimum Gasteiger partial charge on any atom is -0.489 e. The average Bonchev–Trinajstić information content (AvgIpc) is 2.82. The molecule has 0 amide bonds. The zero-order valence-corrected chi connectivity index (χ0v) is 17.8. The van der Waals surface area contributed by atoms with E-state index in [-0.39, 0.29) is 11.9 Å². The van der Waals surface area contributed by atoms with Gasteiger partial charge in [0, 0.05) is 0 Å². The summed E-state index contributed by atoms with van der Waals surface area (Å²) in [5.41, 5.74) is 4.10. The molecule has 0 fully saturated rings. The molecule has 0 unspecified atom stereocenters. The van der Waals surface area contributed by atoms with Crippen LogP contribution in [0.5, 0.6) is 5.75 Å². The number of hydrogen-bond donors (Lipinski definition) is 0. The van der Waals surface area contributed by atoms with Gasteiger partial charge in [-0.15, -0.1) is 0 Å². The van der Waals surface area contributed by atoms with Gasteiger partial charge in [-0.2, -0.15) is 0 Å². The normalized spacial score (nSPS) is 10.4. The molecule has 0 saturated carbocycles. The monoisotopic (exact) mass is 418 g/mol. The van der Waals surface area contributed by atoms with Crippen LogP contribution in [0.1, 0.15) is 44.3 Å². The Hall–Kier alpha value is -3.60.